The average Bonchev–Trinajstić information content (AvgIpc) is 3.17. The molecule has 1 aromatic carbocycles. The molecule has 134 valence electrons. The van der Waals surface area contributed by atoms with Gasteiger partial charge in [0.2, 0.25) is 0 Å². The highest BCUT2D eigenvalue weighted by atomic mass is 32.1. The number of carbonyl (C=O) groups is 1. The molecule has 0 spiro atoms. The molecule has 1 aromatic heterocycles. The molecule has 1 aliphatic rings. The van der Waals surface area contributed by atoms with Gasteiger partial charge in [-0.15, -0.1) is 11.3 Å². The molecule has 1 amide bonds. The van der Waals surface area contributed by atoms with Crippen molar-refractivity contribution in [3.8, 4) is 11.5 Å². The number of methoxy groups -OCH3 is 1. The highest BCUT2D eigenvalue weighted by Gasteiger charge is 2.22. The Labute approximate surface area is 152 Å². The number of rotatable bonds is 6. The summed E-state index contributed by atoms with van der Waals surface area (Å²) < 4.78 is 11.0. The van der Waals surface area contributed by atoms with Crippen molar-refractivity contribution in [1.29, 1.82) is 0 Å². The molecule has 0 aliphatic carbocycles. The highest BCUT2D eigenvalue weighted by molar-refractivity contribution is 7.12. The van der Waals surface area contributed by atoms with Gasteiger partial charge in [0, 0.05) is 32.7 Å². The van der Waals surface area contributed by atoms with Gasteiger partial charge in [0.1, 0.15) is 0 Å². The number of hydrogen-bond donors (Lipinski definition) is 0. The fraction of sp³-hybridized carbons (Fsp3) is 0.421. The van der Waals surface area contributed by atoms with Crippen LogP contribution in [0.5, 0.6) is 11.5 Å². The first-order chi connectivity index (χ1) is 12.2. The molecule has 2 aromatic rings. The van der Waals surface area contributed by atoms with E-state index in [0.29, 0.717) is 6.61 Å². The molecule has 5 nitrogen and oxygen atoms in total. The minimum Gasteiger partial charge on any atom is -0.493 e. The fourth-order valence-corrected chi connectivity index (χ4v) is 3.70. The molecule has 2 heterocycles. The summed E-state index contributed by atoms with van der Waals surface area (Å²) in [6.45, 7) is 6.74. The Morgan fingerprint density at radius 1 is 1.16 bits per heavy atom. The van der Waals surface area contributed by atoms with E-state index >= 15 is 0 Å². The second-order valence-electron chi connectivity index (χ2n) is 5.96. The van der Waals surface area contributed by atoms with Gasteiger partial charge >= 0.3 is 0 Å². The largest absolute Gasteiger partial charge is 0.493 e. The lowest BCUT2D eigenvalue weighted by molar-refractivity contribution is 0.0633. The van der Waals surface area contributed by atoms with Crippen LogP contribution in [0.25, 0.3) is 0 Å². The quantitative estimate of drug-likeness (QED) is 0.794. The Morgan fingerprint density at radius 2 is 1.96 bits per heavy atom. The fourth-order valence-electron chi connectivity index (χ4n) is 3.01. The van der Waals surface area contributed by atoms with Crippen molar-refractivity contribution < 1.29 is 14.3 Å². The lowest BCUT2D eigenvalue weighted by Gasteiger charge is -2.34. The van der Waals surface area contributed by atoms with Crippen molar-refractivity contribution in [2.45, 2.75) is 13.5 Å². The summed E-state index contributed by atoms with van der Waals surface area (Å²) >= 11 is 1.51. The van der Waals surface area contributed by atoms with Crippen LogP contribution < -0.4 is 9.47 Å². The van der Waals surface area contributed by atoms with Crippen LogP contribution in [0.15, 0.2) is 35.7 Å². The second kappa shape index (κ2) is 8.36. The zero-order chi connectivity index (χ0) is 17.6. The van der Waals surface area contributed by atoms with E-state index in [-0.39, 0.29) is 5.91 Å². The average molecular weight is 360 g/mol. The first-order valence-electron chi connectivity index (χ1n) is 8.56. The smallest absolute Gasteiger partial charge is 0.264 e. The number of hydrogen-bond acceptors (Lipinski definition) is 5. The summed E-state index contributed by atoms with van der Waals surface area (Å²) in [5.41, 5.74) is 1.20. The third kappa shape index (κ3) is 4.32. The van der Waals surface area contributed by atoms with E-state index in [9.17, 15) is 4.79 Å². The molecule has 0 unspecified atom stereocenters. The predicted molar refractivity (Wildman–Crippen MR) is 99.7 cm³/mol. The van der Waals surface area contributed by atoms with Crippen molar-refractivity contribution in [2.75, 3.05) is 39.9 Å². The zero-order valence-corrected chi connectivity index (χ0v) is 15.6. The Hall–Kier alpha value is -2.05. The molecule has 6 heteroatoms. The van der Waals surface area contributed by atoms with Crippen LogP contribution in [0.2, 0.25) is 0 Å². The standard InChI is InChI=1S/C19H24N2O3S/c1-3-24-17-13-15(6-7-16(17)23-2)14-20-8-10-21(11-9-20)19(22)18-5-4-12-25-18/h4-7,12-13H,3,8-11,14H2,1-2H3. The van der Waals surface area contributed by atoms with Crippen LogP contribution >= 0.6 is 11.3 Å². The normalized spacial score (nSPS) is 15.2. The van der Waals surface area contributed by atoms with Crippen LogP contribution in [0, 0.1) is 0 Å². The maximum atomic E-state index is 12.4. The Morgan fingerprint density at radius 3 is 2.60 bits per heavy atom. The van der Waals surface area contributed by atoms with Crippen molar-refractivity contribution in [3.63, 3.8) is 0 Å². The maximum Gasteiger partial charge on any atom is 0.264 e. The lowest BCUT2D eigenvalue weighted by Crippen LogP contribution is -2.48. The van der Waals surface area contributed by atoms with Crippen LogP contribution in [-0.2, 0) is 6.54 Å². The van der Waals surface area contributed by atoms with Crippen molar-refractivity contribution in [3.05, 3.63) is 46.2 Å². The number of thiophene rings is 1. The Bertz CT molecular complexity index is 695. The maximum absolute atomic E-state index is 12.4. The van der Waals surface area contributed by atoms with E-state index in [1.165, 1.54) is 16.9 Å². The Balaban J connectivity index is 1.57. The SMILES string of the molecule is CCOc1cc(CN2CCN(C(=O)c3cccs3)CC2)ccc1OC. The zero-order valence-electron chi connectivity index (χ0n) is 14.7. The van der Waals surface area contributed by atoms with Gasteiger partial charge in [0.25, 0.3) is 5.91 Å². The van der Waals surface area contributed by atoms with E-state index < -0.39 is 0 Å². The van der Waals surface area contributed by atoms with E-state index in [4.69, 9.17) is 9.47 Å². The second-order valence-corrected chi connectivity index (χ2v) is 6.91. The van der Waals surface area contributed by atoms with Gasteiger partial charge in [0.05, 0.1) is 18.6 Å². The summed E-state index contributed by atoms with van der Waals surface area (Å²) in [7, 11) is 1.65. The van der Waals surface area contributed by atoms with E-state index in [0.717, 1.165) is 49.1 Å². The molecule has 1 aliphatic heterocycles. The topological polar surface area (TPSA) is 42.0 Å². The van der Waals surface area contributed by atoms with E-state index in [1.807, 2.05) is 41.5 Å². The molecular weight excluding hydrogens is 336 g/mol. The van der Waals surface area contributed by atoms with Crippen LogP contribution in [0.1, 0.15) is 22.2 Å². The summed E-state index contributed by atoms with van der Waals surface area (Å²) in [5.74, 6) is 1.70. The third-order valence-electron chi connectivity index (χ3n) is 4.33. The van der Waals surface area contributed by atoms with E-state index in [1.54, 1.807) is 7.11 Å². The number of amides is 1. The number of piperazine rings is 1. The van der Waals surface area contributed by atoms with Crippen molar-refractivity contribution in [1.82, 2.24) is 9.80 Å². The highest BCUT2D eigenvalue weighted by Crippen LogP contribution is 2.28. The number of carbonyl (C=O) groups excluding carboxylic acids is 1. The molecule has 0 bridgehead atoms. The van der Waals surface area contributed by atoms with Crippen molar-refractivity contribution in [2.24, 2.45) is 0 Å². The molecule has 1 fully saturated rings. The molecule has 0 N–H and O–H groups in total. The summed E-state index contributed by atoms with van der Waals surface area (Å²) in [5, 5.41) is 1.95. The molecule has 0 saturated carbocycles. The van der Waals surface area contributed by atoms with Gasteiger partial charge in [-0.1, -0.05) is 12.1 Å². The van der Waals surface area contributed by atoms with Gasteiger partial charge in [-0.2, -0.15) is 0 Å². The summed E-state index contributed by atoms with van der Waals surface area (Å²) in [4.78, 5) is 17.5. The molecule has 0 atom stereocenters. The molecule has 25 heavy (non-hydrogen) atoms. The van der Waals surface area contributed by atoms with E-state index in [2.05, 4.69) is 11.0 Å². The van der Waals surface area contributed by atoms with Crippen molar-refractivity contribution >= 4 is 17.2 Å². The lowest BCUT2D eigenvalue weighted by atomic mass is 10.1. The van der Waals surface area contributed by atoms with Crippen LogP contribution in [0.3, 0.4) is 0 Å². The molecular formula is C19H24N2O3S. The summed E-state index contributed by atoms with van der Waals surface area (Å²) in [6.07, 6.45) is 0. The molecule has 3 rings (SSSR count). The van der Waals surface area contributed by atoms with Gasteiger partial charge < -0.3 is 14.4 Å². The van der Waals surface area contributed by atoms with Gasteiger partial charge in [0.15, 0.2) is 11.5 Å². The number of nitrogens with zero attached hydrogens (tertiary/aromatic N) is 2. The van der Waals surface area contributed by atoms with Gasteiger partial charge in [-0.25, -0.2) is 0 Å². The first kappa shape index (κ1) is 17.8. The molecule has 1 saturated heterocycles. The molecule has 0 radical (unpaired) electrons. The van der Waals surface area contributed by atoms with Crippen LogP contribution in [-0.4, -0.2) is 55.6 Å². The summed E-state index contributed by atoms with van der Waals surface area (Å²) in [6, 6.07) is 9.90. The minimum absolute atomic E-state index is 0.151. The minimum atomic E-state index is 0.151. The number of ether oxygens (including phenoxy) is 2. The Kier molecular flexibility index (Phi) is 5.94. The van der Waals surface area contributed by atoms with Crippen LogP contribution in [0.4, 0.5) is 0 Å². The third-order valence-corrected chi connectivity index (χ3v) is 5.18. The first-order valence-corrected chi connectivity index (χ1v) is 9.44. The monoisotopic (exact) mass is 360 g/mol. The number of benzene rings is 1. The predicted octanol–water partition coefficient (Wildman–Crippen LogP) is 3.11. The van der Waals surface area contributed by atoms with Gasteiger partial charge in [-0.3, -0.25) is 9.69 Å². The van der Waals surface area contributed by atoms with Gasteiger partial charge in [-0.05, 0) is 36.1 Å².